The largest absolute Gasteiger partial charge is 0.372 e. The Kier molecular flexibility index (Phi) is 8.84. The Morgan fingerprint density at radius 3 is 2.09 bits per heavy atom. The van der Waals surface area contributed by atoms with Crippen molar-refractivity contribution < 1.29 is 13.2 Å². The second-order valence-electron chi connectivity index (χ2n) is 7.36. The van der Waals surface area contributed by atoms with E-state index in [9.17, 15) is 13.2 Å². The van der Waals surface area contributed by atoms with Crippen LogP contribution in [0.25, 0.3) is 0 Å². The molecule has 0 saturated heterocycles. The maximum Gasteiger partial charge on any atom is 0.264 e. The van der Waals surface area contributed by atoms with Gasteiger partial charge in [-0.25, -0.2) is 13.8 Å². The molecule has 0 aliphatic carbocycles. The second kappa shape index (κ2) is 11.8. The predicted octanol–water partition coefficient (Wildman–Crippen LogP) is 4.64. The van der Waals surface area contributed by atoms with Gasteiger partial charge in [-0.3, -0.25) is 9.10 Å². The van der Waals surface area contributed by atoms with E-state index in [4.69, 9.17) is 0 Å². The Morgan fingerprint density at radius 2 is 1.50 bits per heavy atom. The van der Waals surface area contributed by atoms with Crippen LogP contribution in [0.15, 0.2) is 93.3 Å². The number of nitrogens with one attached hydrogen (secondary N) is 1. The van der Waals surface area contributed by atoms with Crippen molar-refractivity contribution in [3.8, 4) is 0 Å². The van der Waals surface area contributed by atoms with Crippen molar-refractivity contribution in [1.29, 1.82) is 0 Å². The highest BCUT2D eigenvalue weighted by Crippen LogP contribution is 2.25. The zero-order chi connectivity index (χ0) is 24.6. The Hall–Kier alpha value is -3.17. The average Bonchev–Trinajstić information content (AvgIpc) is 2.85. The molecule has 0 spiro atoms. The number of carbonyl (C=O) groups is 1. The smallest absolute Gasteiger partial charge is 0.264 e. The van der Waals surface area contributed by atoms with Crippen LogP contribution in [0.5, 0.6) is 0 Å². The lowest BCUT2D eigenvalue weighted by Crippen LogP contribution is -2.39. The molecule has 0 fully saturated rings. The first kappa shape index (κ1) is 25.5. The SMILES string of the molecule is CCN(CC)c1ccc(/C=N/NC(=O)CN(c2ccc(Br)cc2)S(=O)(=O)c2ccccc2)cc1. The molecule has 3 aromatic carbocycles. The number of benzene rings is 3. The van der Waals surface area contributed by atoms with Crippen LogP contribution >= 0.6 is 15.9 Å². The van der Waals surface area contributed by atoms with Crippen LogP contribution in [0.1, 0.15) is 19.4 Å². The minimum atomic E-state index is -3.96. The van der Waals surface area contributed by atoms with Crippen LogP contribution in [0.3, 0.4) is 0 Å². The molecule has 34 heavy (non-hydrogen) atoms. The van der Waals surface area contributed by atoms with Crippen molar-refractivity contribution in [2.24, 2.45) is 5.10 Å². The van der Waals surface area contributed by atoms with Gasteiger partial charge in [-0.1, -0.05) is 46.3 Å². The highest BCUT2D eigenvalue weighted by Gasteiger charge is 2.27. The van der Waals surface area contributed by atoms with Crippen LogP contribution in [0.2, 0.25) is 0 Å². The number of hydrazone groups is 1. The van der Waals surface area contributed by atoms with Gasteiger partial charge in [0, 0.05) is 23.2 Å². The molecule has 7 nitrogen and oxygen atoms in total. The lowest BCUT2D eigenvalue weighted by atomic mass is 10.2. The van der Waals surface area contributed by atoms with E-state index in [0.717, 1.165) is 33.1 Å². The Labute approximate surface area is 209 Å². The summed E-state index contributed by atoms with van der Waals surface area (Å²) in [5, 5.41) is 4.00. The van der Waals surface area contributed by atoms with Crippen LogP contribution in [0, 0.1) is 0 Å². The first-order chi connectivity index (χ1) is 16.3. The molecule has 0 saturated carbocycles. The van der Waals surface area contributed by atoms with E-state index in [0.29, 0.717) is 5.69 Å². The van der Waals surface area contributed by atoms with Gasteiger partial charge < -0.3 is 4.90 Å². The van der Waals surface area contributed by atoms with Gasteiger partial charge >= 0.3 is 0 Å². The maximum atomic E-state index is 13.3. The molecule has 0 aromatic heterocycles. The molecule has 0 bridgehead atoms. The number of anilines is 2. The molecule has 3 aromatic rings. The fourth-order valence-electron chi connectivity index (χ4n) is 3.35. The zero-order valence-electron chi connectivity index (χ0n) is 19.1. The third-order valence-corrected chi connectivity index (χ3v) is 7.47. The predicted molar refractivity (Wildman–Crippen MR) is 141 cm³/mol. The molecule has 178 valence electrons. The third-order valence-electron chi connectivity index (χ3n) is 5.16. The number of carbonyl (C=O) groups excluding carboxylic acids is 1. The topological polar surface area (TPSA) is 82.1 Å². The summed E-state index contributed by atoms with van der Waals surface area (Å²) in [6.45, 7) is 5.62. The molecular weight excluding hydrogens is 516 g/mol. The van der Waals surface area contributed by atoms with Crippen molar-refractivity contribution in [3.05, 3.63) is 88.9 Å². The molecule has 0 aliphatic heterocycles. The van der Waals surface area contributed by atoms with Gasteiger partial charge in [0.15, 0.2) is 0 Å². The summed E-state index contributed by atoms with van der Waals surface area (Å²) < 4.78 is 28.4. The van der Waals surface area contributed by atoms with Crippen molar-refractivity contribution in [2.75, 3.05) is 28.8 Å². The standard InChI is InChI=1S/C25H27BrN4O3S/c1-3-29(4-2)22-14-10-20(11-15-22)18-27-28-25(31)19-30(23-16-12-21(26)13-17-23)34(32,33)24-8-6-5-7-9-24/h5-18H,3-4,19H2,1-2H3,(H,28,31)/b27-18+. The van der Waals surface area contributed by atoms with Crippen molar-refractivity contribution in [2.45, 2.75) is 18.7 Å². The zero-order valence-corrected chi connectivity index (χ0v) is 21.5. The summed E-state index contributed by atoms with van der Waals surface area (Å²) in [7, 11) is -3.96. The second-order valence-corrected chi connectivity index (χ2v) is 10.1. The molecule has 0 unspecified atom stereocenters. The van der Waals surface area contributed by atoms with Gasteiger partial charge in [-0.15, -0.1) is 0 Å². The van der Waals surface area contributed by atoms with Crippen molar-refractivity contribution >= 4 is 49.4 Å². The summed E-state index contributed by atoms with van der Waals surface area (Å²) in [6, 6.07) is 22.6. The molecule has 1 amide bonds. The highest BCUT2D eigenvalue weighted by atomic mass is 79.9. The number of hydrogen-bond donors (Lipinski definition) is 1. The van der Waals surface area contributed by atoms with E-state index in [2.05, 4.69) is 45.2 Å². The van der Waals surface area contributed by atoms with Gasteiger partial charge in [0.25, 0.3) is 15.9 Å². The van der Waals surface area contributed by atoms with Crippen molar-refractivity contribution in [1.82, 2.24) is 5.43 Å². The fourth-order valence-corrected chi connectivity index (χ4v) is 5.05. The summed E-state index contributed by atoms with van der Waals surface area (Å²) in [5.41, 5.74) is 4.73. The highest BCUT2D eigenvalue weighted by molar-refractivity contribution is 9.10. The van der Waals surface area contributed by atoms with E-state index in [1.165, 1.54) is 18.3 Å². The van der Waals surface area contributed by atoms with Gasteiger partial charge in [0.2, 0.25) is 0 Å². The molecule has 9 heteroatoms. The number of nitrogens with zero attached hydrogens (tertiary/aromatic N) is 3. The van der Waals surface area contributed by atoms with Crippen LogP contribution in [-0.2, 0) is 14.8 Å². The number of amides is 1. The number of sulfonamides is 1. The van der Waals surface area contributed by atoms with E-state index in [1.54, 1.807) is 42.5 Å². The third kappa shape index (κ3) is 6.45. The number of hydrogen-bond acceptors (Lipinski definition) is 5. The summed E-state index contributed by atoms with van der Waals surface area (Å²) in [5.74, 6) is -0.557. The van der Waals surface area contributed by atoms with E-state index in [-0.39, 0.29) is 4.90 Å². The minimum Gasteiger partial charge on any atom is -0.372 e. The van der Waals surface area contributed by atoms with Crippen LogP contribution < -0.4 is 14.6 Å². The first-order valence-corrected chi connectivity index (χ1v) is 13.1. The monoisotopic (exact) mass is 542 g/mol. The number of halogens is 1. The molecule has 0 heterocycles. The van der Waals surface area contributed by atoms with Gasteiger partial charge in [0.1, 0.15) is 6.54 Å². The molecule has 0 radical (unpaired) electrons. The van der Waals surface area contributed by atoms with E-state index in [1.807, 2.05) is 24.3 Å². The Bertz CT molecular complexity index is 1210. The van der Waals surface area contributed by atoms with Gasteiger partial charge in [-0.2, -0.15) is 5.10 Å². The van der Waals surface area contributed by atoms with Crippen LogP contribution in [-0.4, -0.2) is 40.2 Å². The van der Waals surface area contributed by atoms with Crippen LogP contribution in [0.4, 0.5) is 11.4 Å². The number of rotatable bonds is 10. The summed E-state index contributed by atoms with van der Waals surface area (Å²) in [6.07, 6.45) is 1.53. The minimum absolute atomic E-state index is 0.0995. The molecule has 0 aliphatic rings. The van der Waals surface area contributed by atoms with E-state index < -0.39 is 22.5 Å². The Balaban J connectivity index is 1.74. The van der Waals surface area contributed by atoms with E-state index >= 15 is 0 Å². The lowest BCUT2D eigenvalue weighted by Gasteiger charge is -2.23. The summed E-state index contributed by atoms with van der Waals surface area (Å²) >= 11 is 3.35. The fraction of sp³-hybridized carbons (Fsp3) is 0.200. The van der Waals surface area contributed by atoms with Gasteiger partial charge in [-0.05, 0) is 67.9 Å². The average molecular weight is 543 g/mol. The first-order valence-electron chi connectivity index (χ1n) is 10.9. The molecular formula is C25H27BrN4O3S. The normalized spacial score (nSPS) is 11.4. The molecule has 0 atom stereocenters. The lowest BCUT2D eigenvalue weighted by molar-refractivity contribution is -0.119. The Morgan fingerprint density at radius 1 is 0.912 bits per heavy atom. The molecule has 1 N–H and O–H groups in total. The summed E-state index contributed by atoms with van der Waals surface area (Å²) in [4.78, 5) is 15.0. The quantitative estimate of drug-likeness (QED) is 0.299. The van der Waals surface area contributed by atoms with Gasteiger partial charge in [0.05, 0.1) is 16.8 Å². The molecule has 3 rings (SSSR count). The van der Waals surface area contributed by atoms with Crippen molar-refractivity contribution in [3.63, 3.8) is 0 Å². The maximum absolute atomic E-state index is 13.3.